The molecule has 2 amide bonds. The average molecular weight is 582 g/mol. The molecule has 0 atom stereocenters. The fourth-order valence-electron chi connectivity index (χ4n) is 2.97. The monoisotopic (exact) mass is 581 g/mol. The van der Waals surface area contributed by atoms with Gasteiger partial charge in [0.1, 0.15) is 16.4 Å². The number of aliphatic imine (C=N–C) groups is 2. The third kappa shape index (κ3) is 8.34. The molecule has 2 N–H and O–H groups in total. The highest BCUT2D eigenvalue weighted by Gasteiger charge is 2.21. The number of nitrogens with one attached hydrogen (secondary N) is 1. The van der Waals surface area contributed by atoms with E-state index >= 15 is 4.39 Å². The summed E-state index contributed by atoms with van der Waals surface area (Å²) in [6.45, 7) is 7.30. The number of alkyl carbamates (subject to hydrolysis) is 1. The minimum Gasteiger partial charge on any atom is -0.505 e. The van der Waals surface area contributed by atoms with Crippen molar-refractivity contribution >= 4 is 56.3 Å². The zero-order chi connectivity index (χ0) is 27.0. The highest BCUT2D eigenvalue weighted by molar-refractivity contribution is 9.10. The number of phenolic OH excluding ortho intramolecular Hbond substituents is 1. The molecule has 11 heteroatoms. The van der Waals surface area contributed by atoms with Gasteiger partial charge >= 0.3 is 12.2 Å². The van der Waals surface area contributed by atoms with Crippen LogP contribution >= 0.6 is 27.7 Å². The lowest BCUT2D eigenvalue weighted by Crippen LogP contribution is -2.32. The lowest BCUT2D eigenvalue weighted by Gasteiger charge is -2.20. The van der Waals surface area contributed by atoms with Gasteiger partial charge in [-0.15, -0.1) is 11.8 Å². The Morgan fingerprint density at radius 1 is 1.22 bits per heavy atom. The van der Waals surface area contributed by atoms with Crippen molar-refractivity contribution in [3.05, 3.63) is 57.3 Å². The molecule has 0 aliphatic rings. The van der Waals surface area contributed by atoms with Crippen molar-refractivity contribution in [1.29, 1.82) is 0 Å². The zero-order valence-electron chi connectivity index (χ0n) is 20.9. The highest BCUT2D eigenvalue weighted by Crippen LogP contribution is 2.28. The van der Waals surface area contributed by atoms with Crippen molar-refractivity contribution < 1.29 is 28.6 Å². The second-order valence-electron chi connectivity index (χ2n) is 8.51. The van der Waals surface area contributed by atoms with Crippen LogP contribution in [0.2, 0.25) is 0 Å². The number of phenols is 1. The SMILES string of the molecule is CCc1cc(O)c(F)c(C(=N\c2ccc(Br)c(CNC(=O)OC(C)(C)C)c2)/C(=N/C(=O)OC)SC)c1. The molecule has 0 saturated heterocycles. The summed E-state index contributed by atoms with van der Waals surface area (Å²) >= 11 is 4.53. The van der Waals surface area contributed by atoms with Gasteiger partial charge in [0.05, 0.1) is 12.8 Å². The Labute approximate surface area is 222 Å². The molecular formula is C25H29BrFN3O5S. The molecule has 0 heterocycles. The van der Waals surface area contributed by atoms with Crippen molar-refractivity contribution in [2.24, 2.45) is 9.98 Å². The third-order valence-electron chi connectivity index (χ3n) is 4.63. The summed E-state index contributed by atoms with van der Waals surface area (Å²) in [6.07, 6.45) is 0.751. The number of thioether (sulfide) groups is 1. The van der Waals surface area contributed by atoms with Crippen LogP contribution in [0.3, 0.4) is 0 Å². The van der Waals surface area contributed by atoms with E-state index in [4.69, 9.17) is 4.74 Å². The summed E-state index contributed by atoms with van der Waals surface area (Å²) in [4.78, 5) is 32.5. The number of rotatable bonds is 6. The first kappa shape index (κ1) is 29.3. The molecule has 8 nitrogen and oxygen atoms in total. The summed E-state index contributed by atoms with van der Waals surface area (Å²) in [5.74, 6) is -1.42. The van der Waals surface area contributed by atoms with Crippen molar-refractivity contribution in [2.45, 2.75) is 46.3 Å². The van der Waals surface area contributed by atoms with Gasteiger partial charge < -0.3 is 19.9 Å². The van der Waals surface area contributed by atoms with Crippen molar-refractivity contribution in [3.8, 4) is 5.75 Å². The Bertz CT molecular complexity index is 1190. The Morgan fingerprint density at radius 3 is 2.50 bits per heavy atom. The van der Waals surface area contributed by atoms with Gasteiger partial charge in [-0.2, -0.15) is 4.99 Å². The number of carbonyl (C=O) groups is 2. The first-order chi connectivity index (χ1) is 16.9. The lowest BCUT2D eigenvalue weighted by atomic mass is 10.0. The molecule has 0 aliphatic heterocycles. The zero-order valence-corrected chi connectivity index (χ0v) is 23.3. The quantitative estimate of drug-likeness (QED) is 0.296. The normalized spacial score (nSPS) is 12.3. The summed E-state index contributed by atoms with van der Waals surface area (Å²) in [5.41, 5.74) is 1.15. The van der Waals surface area contributed by atoms with Gasteiger partial charge in [-0.3, -0.25) is 0 Å². The number of nitrogens with zero attached hydrogens (tertiary/aromatic N) is 2. The average Bonchev–Trinajstić information content (AvgIpc) is 2.81. The fourth-order valence-corrected chi connectivity index (χ4v) is 3.87. The molecule has 0 spiro atoms. The smallest absolute Gasteiger partial charge is 0.434 e. The third-order valence-corrected chi connectivity index (χ3v) is 6.08. The van der Waals surface area contributed by atoms with Crippen LogP contribution in [0, 0.1) is 5.82 Å². The fraction of sp³-hybridized carbons (Fsp3) is 0.360. The predicted molar refractivity (Wildman–Crippen MR) is 144 cm³/mol. The summed E-state index contributed by atoms with van der Waals surface area (Å²) in [6, 6.07) is 8.00. The van der Waals surface area contributed by atoms with E-state index in [1.165, 1.54) is 13.2 Å². The number of halogens is 2. The molecule has 2 rings (SSSR count). The summed E-state index contributed by atoms with van der Waals surface area (Å²) < 4.78 is 25.7. The number of ether oxygens (including phenoxy) is 2. The first-order valence-corrected chi connectivity index (χ1v) is 13.0. The Kier molecular flexibility index (Phi) is 10.5. The molecule has 0 radical (unpaired) electrons. The number of methoxy groups -OCH3 is 1. The molecule has 194 valence electrons. The maximum Gasteiger partial charge on any atom is 0.434 e. The van der Waals surface area contributed by atoms with E-state index in [2.05, 4.69) is 36.0 Å². The molecule has 0 fully saturated rings. The molecular weight excluding hydrogens is 553 g/mol. The van der Waals surface area contributed by atoms with Gasteiger partial charge in [0.2, 0.25) is 0 Å². The molecule has 2 aromatic carbocycles. The topological polar surface area (TPSA) is 110 Å². The van der Waals surface area contributed by atoms with Gasteiger partial charge in [-0.05, 0) is 74.9 Å². The lowest BCUT2D eigenvalue weighted by molar-refractivity contribution is 0.0523. The van der Waals surface area contributed by atoms with Gasteiger partial charge in [0.25, 0.3) is 0 Å². The van der Waals surface area contributed by atoms with Gasteiger partial charge in [0.15, 0.2) is 11.6 Å². The predicted octanol–water partition coefficient (Wildman–Crippen LogP) is 6.53. The number of aromatic hydroxyl groups is 1. The van der Waals surface area contributed by atoms with Crippen molar-refractivity contribution in [1.82, 2.24) is 5.32 Å². The highest BCUT2D eigenvalue weighted by atomic mass is 79.9. The van der Waals surface area contributed by atoms with E-state index in [0.29, 0.717) is 27.7 Å². The first-order valence-electron chi connectivity index (χ1n) is 10.9. The van der Waals surface area contributed by atoms with E-state index in [-0.39, 0.29) is 22.9 Å². The molecule has 0 saturated carbocycles. The minimum absolute atomic E-state index is 0.0137. The van der Waals surface area contributed by atoms with Crippen LogP contribution in [-0.4, -0.2) is 47.0 Å². The molecule has 36 heavy (non-hydrogen) atoms. The maximum absolute atomic E-state index is 15.1. The van der Waals surface area contributed by atoms with E-state index in [0.717, 1.165) is 11.8 Å². The van der Waals surface area contributed by atoms with Crippen LogP contribution in [0.25, 0.3) is 0 Å². The minimum atomic E-state index is -0.888. The van der Waals surface area contributed by atoms with Crippen LogP contribution in [0.5, 0.6) is 5.75 Å². The van der Waals surface area contributed by atoms with Crippen LogP contribution in [0.1, 0.15) is 44.4 Å². The Balaban J connectivity index is 2.59. The van der Waals surface area contributed by atoms with Crippen molar-refractivity contribution in [3.63, 3.8) is 0 Å². The molecule has 0 aromatic heterocycles. The maximum atomic E-state index is 15.1. The second kappa shape index (κ2) is 12.9. The van der Waals surface area contributed by atoms with Crippen LogP contribution in [-0.2, 0) is 22.4 Å². The number of hydrogen-bond acceptors (Lipinski definition) is 7. The van der Waals surface area contributed by atoms with Gasteiger partial charge in [-0.25, -0.2) is 19.0 Å². The van der Waals surface area contributed by atoms with Gasteiger partial charge in [0, 0.05) is 16.6 Å². The van der Waals surface area contributed by atoms with E-state index in [1.807, 2.05) is 6.92 Å². The number of hydrogen-bond donors (Lipinski definition) is 2. The van der Waals surface area contributed by atoms with E-state index < -0.39 is 29.4 Å². The Morgan fingerprint density at radius 2 is 1.92 bits per heavy atom. The number of aryl methyl sites for hydroxylation is 1. The Hall–Kier alpha value is -2.92. The van der Waals surface area contributed by atoms with E-state index in [1.54, 1.807) is 51.3 Å². The second-order valence-corrected chi connectivity index (χ2v) is 10.2. The molecule has 0 aliphatic carbocycles. The van der Waals surface area contributed by atoms with Crippen molar-refractivity contribution in [2.75, 3.05) is 13.4 Å². The molecule has 0 bridgehead atoms. The van der Waals surface area contributed by atoms with Crippen LogP contribution < -0.4 is 5.32 Å². The number of benzene rings is 2. The summed E-state index contributed by atoms with van der Waals surface area (Å²) in [7, 11) is 1.18. The number of carbonyl (C=O) groups excluding carboxylic acids is 2. The summed E-state index contributed by atoms with van der Waals surface area (Å²) in [5, 5.41) is 13.0. The molecule has 2 aromatic rings. The van der Waals surface area contributed by atoms with Crippen LogP contribution in [0.15, 0.2) is 44.8 Å². The van der Waals surface area contributed by atoms with E-state index in [9.17, 15) is 14.7 Å². The van der Waals surface area contributed by atoms with Crippen LogP contribution in [0.4, 0.5) is 19.7 Å². The standard InChI is InChI=1S/C25H29BrFN3O5S/c1-7-14-10-17(20(27)19(31)11-14)21(22(36-6)30-24(33)34-5)29-16-8-9-18(26)15(12-16)13-28-23(32)35-25(2,3)4/h8-12,31H,7,13H2,1-6H3,(H,28,32)/b29-21+,30-22-. The molecule has 0 unspecified atom stereocenters. The number of amides is 2. The van der Waals surface area contributed by atoms with Gasteiger partial charge in [-0.1, -0.05) is 22.9 Å². The largest absolute Gasteiger partial charge is 0.505 e.